The van der Waals surface area contributed by atoms with Crippen LogP contribution in [0.25, 0.3) is 0 Å². The average Bonchev–Trinajstić information content (AvgIpc) is 3.38. The number of anilines is 1. The Hall–Kier alpha value is -1.93. The lowest BCUT2D eigenvalue weighted by Crippen LogP contribution is -2.38. The first-order chi connectivity index (χ1) is 11.5. The molecule has 0 radical (unpaired) electrons. The number of amides is 2. The van der Waals surface area contributed by atoms with Gasteiger partial charge in [0.15, 0.2) is 0 Å². The van der Waals surface area contributed by atoms with Crippen LogP contribution in [0.15, 0.2) is 29.2 Å². The Morgan fingerprint density at radius 2 is 1.88 bits per heavy atom. The number of nitrogens with zero attached hydrogens (tertiary/aromatic N) is 1. The maximum Gasteiger partial charge on any atom is 0.241 e. The Morgan fingerprint density at radius 3 is 2.50 bits per heavy atom. The van der Waals surface area contributed by atoms with E-state index >= 15 is 0 Å². The van der Waals surface area contributed by atoms with Gasteiger partial charge in [-0.1, -0.05) is 0 Å². The van der Waals surface area contributed by atoms with Gasteiger partial charge in [-0.05, 0) is 49.9 Å². The van der Waals surface area contributed by atoms with Gasteiger partial charge in [0.2, 0.25) is 21.8 Å². The molecule has 0 unspecified atom stereocenters. The summed E-state index contributed by atoms with van der Waals surface area (Å²) in [6.07, 6.45) is 4.28. The average molecular weight is 351 g/mol. The molecule has 1 aliphatic carbocycles. The van der Waals surface area contributed by atoms with E-state index in [1.54, 1.807) is 17.0 Å². The molecule has 7 nitrogen and oxygen atoms in total. The molecule has 2 aliphatic rings. The monoisotopic (exact) mass is 351 g/mol. The third-order valence-corrected chi connectivity index (χ3v) is 5.56. The number of hydrogen-bond donors (Lipinski definition) is 2. The van der Waals surface area contributed by atoms with Gasteiger partial charge in [-0.25, -0.2) is 13.1 Å². The van der Waals surface area contributed by atoms with Gasteiger partial charge in [-0.2, -0.15) is 0 Å². The van der Waals surface area contributed by atoms with Crippen LogP contribution < -0.4 is 14.9 Å². The molecule has 2 fully saturated rings. The Labute approximate surface area is 141 Å². The van der Waals surface area contributed by atoms with Crippen LogP contribution in [0.2, 0.25) is 0 Å². The van der Waals surface area contributed by atoms with Crippen molar-refractivity contribution in [1.29, 1.82) is 0 Å². The first kappa shape index (κ1) is 16.9. The highest BCUT2D eigenvalue weighted by Crippen LogP contribution is 2.22. The SMILES string of the molecule is O=C(CNS(=O)(=O)c1ccc(N2CCCCC2=O)cc1)NC1CC1. The Balaban J connectivity index is 1.62. The van der Waals surface area contributed by atoms with Crippen molar-refractivity contribution in [3.05, 3.63) is 24.3 Å². The molecule has 3 rings (SSSR count). The molecule has 0 aromatic heterocycles. The normalized spacial score (nSPS) is 18.5. The Kier molecular flexibility index (Phi) is 4.86. The second-order valence-corrected chi connectivity index (χ2v) is 7.93. The Bertz CT molecular complexity index is 726. The summed E-state index contributed by atoms with van der Waals surface area (Å²) >= 11 is 0. The fourth-order valence-corrected chi connectivity index (χ4v) is 3.62. The lowest BCUT2D eigenvalue weighted by atomic mass is 10.1. The van der Waals surface area contributed by atoms with Gasteiger partial charge in [0.1, 0.15) is 0 Å². The fraction of sp³-hybridized carbons (Fsp3) is 0.500. The molecule has 0 atom stereocenters. The number of carbonyl (C=O) groups is 2. The molecule has 24 heavy (non-hydrogen) atoms. The van der Waals surface area contributed by atoms with Crippen LogP contribution in [-0.2, 0) is 19.6 Å². The predicted octanol–water partition coefficient (Wildman–Crippen LogP) is 0.760. The third kappa shape index (κ3) is 4.12. The number of carbonyl (C=O) groups excluding carboxylic acids is 2. The van der Waals surface area contributed by atoms with Gasteiger partial charge in [0, 0.05) is 24.7 Å². The van der Waals surface area contributed by atoms with Crippen LogP contribution in [0.3, 0.4) is 0 Å². The molecular formula is C16H21N3O4S. The molecule has 1 aromatic rings. The van der Waals surface area contributed by atoms with E-state index in [9.17, 15) is 18.0 Å². The maximum atomic E-state index is 12.2. The summed E-state index contributed by atoms with van der Waals surface area (Å²) < 4.78 is 26.7. The van der Waals surface area contributed by atoms with E-state index in [0.717, 1.165) is 25.7 Å². The van der Waals surface area contributed by atoms with Crippen molar-refractivity contribution in [3.63, 3.8) is 0 Å². The van der Waals surface area contributed by atoms with Gasteiger partial charge in [0.05, 0.1) is 11.4 Å². The van der Waals surface area contributed by atoms with Crippen LogP contribution in [0, 0.1) is 0 Å². The minimum atomic E-state index is -3.75. The van der Waals surface area contributed by atoms with E-state index in [1.165, 1.54) is 12.1 Å². The summed E-state index contributed by atoms with van der Waals surface area (Å²) in [6.45, 7) is 0.385. The zero-order valence-corrected chi connectivity index (χ0v) is 14.1. The van der Waals surface area contributed by atoms with E-state index in [2.05, 4.69) is 10.0 Å². The summed E-state index contributed by atoms with van der Waals surface area (Å²) in [5, 5.41) is 2.72. The predicted molar refractivity (Wildman–Crippen MR) is 89.0 cm³/mol. The van der Waals surface area contributed by atoms with Gasteiger partial charge >= 0.3 is 0 Å². The second-order valence-electron chi connectivity index (χ2n) is 6.16. The largest absolute Gasteiger partial charge is 0.352 e. The molecule has 8 heteroatoms. The van der Waals surface area contributed by atoms with E-state index in [1.807, 2.05) is 0 Å². The minimum Gasteiger partial charge on any atom is -0.352 e. The van der Waals surface area contributed by atoms with Crippen molar-refractivity contribution in [2.24, 2.45) is 0 Å². The lowest BCUT2D eigenvalue weighted by Gasteiger charge is -2.26. The third-order valence-electron chi connectivity index (χ3n) is 4.15. The zero-order valence-electron chi connectivity index (χ0n) is 13.3. The van der Waals surface area contributed by atoms with Crippen LogP contribution in [0.4, 0.5) is 5.69 Å². The molecule has 0 spiro atoms. The van der Waals surface area contributed by atoms with Crippen molar-refractivity contribution < 1.29 is 18.0 Å². The first-order valence-electron chi connectivity index (χ1n) is 8.15. The smallest absolute Gasteiger partial charge is 0.241 e. The van der Waals surface area contributed by atoms with Gasteiger partial charge in [-0.15, -0.1) is 0 Å². The highest BCUT2D eigenvalue weighted by molar-refractivity contribution is 7.89. The van der Waals surface area contributed by atoms with E-state index in [0.29, 0.717) is 18.7 Å². The van der Waals surface area contributed by atoms with Crippen molar-refractivity contribution in [1.82, 2.24) is 10.0 Å². The number of benzene rings is 1. The summed E-state index contributed by atoms with van der Waals surface area (Å²) in [7, 11) is -3.75. The zero-order chi connectivity index (χ0) is 17.2. The van der Waals surface area contributed by atoms with Crippen molar-refractivity contribution in [2.45, 2.75) is 43.0 Å². The summed E-state index contributed by atoms with van der Waals surface area (Å²) in [4.78, 5) is 25.2. The van der Waals surface area contributed by atoms with Crippen LogP contribution in [-0.4, -0.2) is 39.4 Å². The number of rotatable bonds is 6. The standard InChI is InChI=1S/C16H21N3O4S/c20-15(18-12-4-5-12)11-17-24(22,23)14-8-6-13(7-9-14)19-10-2-1-3-16(19)21/h6-9,12,17H,1-5,10-11H2,(H,18,20). The van der Waals surface area contributed by atoms with Gasteiger partial charge < -0.3 is 10.2 Å². The first-order valence-corrected chi connectivity index (χ1v) is 9.63. The number of sulfonamides is 1. The maximum absolute atomic E-state index is 12.2. The lowest BCUT2D eigenvalue weighted by molar-refractivity contribution is -0.120. The van der Waals surface area contributed by atoms with Gasteiger partial charge in [-0.3, -0.25) is 9.59 Å². The van der Waals surface area contributed by atoms with Crippen LogP contribution in [0.5, 0.6) is 0 Å². The van der Waals surface area contributed by atoms with E-state index in [-0.39, 0.29) is 29.3 Å². The number of piperidine rings is 1. The fourth-order valence-electron chi connectivity index (χ4n) is 2.63. The topological polar surface area (TPSA) is 95.6 Å². The number of nitrogens with one attached hydrogen (secondary N) is 2. The highest BCUT2D eigenvalue weighted by atomic mass is 32.2. The number of hydrogen-bond acceptors (Lipinski definition) is 4. The molecule has 2 amide bonds. The van der Waals surface area contributed by atoms with Crippen LogP contribution >= 0.6 is 0 Å². The highest BCUT2D eigenvalue weighted by Gasteiger charge is 2.24. The van der Waals surface area contributed by atoms with Crippen molar-refractivity contribution in [2.75, 3.05) is 18.0 Å². The minimum absolute atomic E-state index is 0.0618. The Morgan fingerprint density at radius 1 is 1.17 bits per heavy atom. The molecule has 1 heterocycles. The molecule has 0 bridgehead atoms. The second kappa shape index (κ2) is 6.90. The molecule has 1 saturated heterocycles. The van der Waals surface area contributed by atoms with Gasteiger partial charge in [0.25, 0.3) is 0 Å². The molecule has 1 aromatic carbocycles. The molecule has 1 aliphatic heterocycles. The van der Waals surface area contributed by atoms with Crippen molar-refractivity contribution in [3.8, 4) is 0 Å². The molecular weight excluding hydrogens is 330 g/mol. The molecule has 130 valence electrons. The summed E-state index contributed by atoms with van der Waals surface area (Å²) in [5.74, 6) is -0.261. The quantitative estimate of drug-likeness (QED) is 0.791. The molecule has 1 saturated carbocycles. The van der Waals surface area contributed by atoms with E-state index < -0.39 is 10.0 Å². The van der Waals surface area contributed by atoms with Crippen molar-refractivity contribution >= 4 is 27.5 Å². The van der Waals surface area contributed by atoms with E-state index in [4.69, 9.17) is 0 Å². The summed E-state index contributed by atoms with van der Waals surface area (Å²) in [6, 6.07) is 6.37. The van der Waals surface area contributed by atoms with Crippen LogP contribution in [0.1, 0.15) is 32.1 Å². The molecule has 2 N–H and O–H groups in total. The summed E-state index contributed by atoms with van der Waals surface area (Å²) in [5.41, 5.74) is 0.699.